The van der Waals surface area contributed by atoms with Crippen LogP contribution in [-0.2, 0) is 17.5 Å². The van der Waals surface area contributed by atoms with Crippen molar-refractivity contribution in [1.82, 2.24) is 10.3 Å². The molecular formula is C16H15F3N2O. The molecule has 1 saturated carbocycles. The van der Waals surface area contributed by atoms with E-state index in [1.165, 1.54) is 6.07 Å². The summed E-state index contributed by atoms with van der Waals surface area (Å²) in [6, 6.07) is 8.93. The van der Waals surface area contributed by atoms with Crippen LogP contribution in [0, 0.1) is 5.92 Å². The fourth-order valence-electron chi connectivity index (χ4n) is 2.59. The van der Waals surface area contributed by atoms with E-state index >= 15 is 0 Å². The Balaban J connectivity index is 1.61. The summed E-state index contributed by atoms with van der Waals surface area (Å²) >= 11 is 0. The summed E-state index contributed by atoms with van der Waals surface area (Å²) in [4.78, 5) is 15.0. The van der Waals surface area contributed by atoms with E-state index in [1.54, 1.807) is 12.3 Å². The minimum atomic E-state index is -4.35. The van der Waals surface area contributed by atoms with Gasteiger partial charge in [0, 0.05) is 17.8 Å². The Bertz CT molecular complexity index is 664. The van der Waals surface area contributed by atoms with Crippen molar-refractivity contribution < 1.29 is 18.0 Å². The molecule has 0 spiro atoms. The van der Waals surface area contributed by atoms with Crippen LogP contribution >= 0.6 is 0 Å². The molecule has 1 aromatic carbocycles. The maximum Gasteiger partial charge on any atom is 0.416 e. The van der Waals surface area contributed by atoms with E-state index in [0.717, 1.165) is 17.8 Å². The first-order valence-electron chi connectivity index (χ1n) is 7.02. The number of H-pyrrole nitrogens is 1. The van der Waals surface area contributed by atoms with Crippen molar-refractivity contribution in [3.63, 3.8) is 0 Å². The number of carbonyl (C=O) groups excluding carboxylic acids is 1. The standard InChI is InChI=1S/C16H15F3N2O/c17-16(18,19)11-4-1-3-10(7-11)13-8-14(13)15(22)21-9-12-5-2-6-20-12/h1-7,13-14,20H,8-9H2,(H,21,22). The molecule has 2 aromatic rings. The summed E-state index contributed by atoms with van der Waals surface area (Å²) in [5.74, 6) is -0.471. The van der Waals surface area contributed by atoms with Crippen LogP contribution in [0.15, 0.2) is 42.6 Å². The summed E-state index contributed by atoms with van der Waals surface area (Å²) in [7, 11) is 0. The number of carbonyl (C=O) groups is 1. The predicted octanol–water partition coefficient (Wildman–Crippen LogP) is 3.45. The lowest BCUT2D eigenvalue weighted by molar-refractivity contribution is -0.137. The van der Waals surface area contributed by atoms with Crippen LogP contribution in [0.4, 0.5) is 13.2 Å². The van der Waals surface area contributed by atoms with Crippen LogP contribution < -0.4 is 5.32 Å². The third-order valence-corrected chi connectivity index (χ3v) is 3.88. The van der Waals surface area contributed by atoms with Gasteiger partial charge in [-0.2, -0.15) is 13.2 Å². The molecule has 1 aliphatic rings. The van der Waals surface area contributed by atoms with Gasteiger partial charge < -0.3 is 10.3 Å². The summed E-state index contributed by atoms with van der Waals surface area (Å²) in [6.45, 7) is 0.400. The van der Waals surface area contributed by atoms with E-state index in [-0.39, 0.29) is 17.7 Å². The Morgan fingerprint density at radius 2 is 2.09 bits per heavy atom. The van der Waals surface area contributed by atoms with E-state index in [9.17, 15) is 18.0 Å². The maximum absolute atomic E-state index is 12.7. The molecule has 2 unspecified atom stereocenters. The quantitative estimate of drug-likeness (QED) is 0.893. The first-order chi connectivity index (χ1) is 10.4. The van der Waals surface area contributed by atoms with Crippen LogP contribution in [0.2, 0.25) is 0 Å². The number of amides is 1. The third-order valence-electron chi connectivity index (χ3n) is 3.88. The van der Waals surface area contributed by atoms with Crippen molar-refractivity contribution in [2.75, 3.05) is 0 Å². The van der Waals surface area contributed by atoms with Gasteiger partial charge in [-0.05, 0) is 36.1 Å². The Kier molecular flexibility index (Phi) is 3.68. The fourth-order valence-corrected chi connectivity index (χ4v) is 2.59. The maximum atomic E-state index is 12.7. The molecule has 1 aliphatic carbocycles. The largest absolute Gasteiger partial charge is 0.416 e. The summed E-state index contributed by atoms with van der Waals surface area (Å²) < 4.78 is 38.1. The average molecular weight is 308 g/mol. The molecule has 2 atom stereocenters. The molecule has 0 radical (unpaired) electrons. The zero-order valence-corrected chi connectivity index (χ0v) is 11.7. The van der Waals surface area contributed by atoms with Gasteiger partial charge in [0.1, 0.15) is 0 Å². The van der Waals surface area contributed by atoms with Crippen molar-refractivity contribution in [2.45, 2.75) is 25.1 Å². The highest BCUT2D eigenvalue weighted by Gasteiger charge is 2.44. The van der Waals surface area contributed by atoms with Crippen LogP contribution in [0.1, 0.15) is 29.2 Å². The highest BCUT2D eigenvalue weighted by Crippen LogP contribution is 2.48. The highest BCUT2D eigenvalue weighted by molar-refractivity contribution is 5.82. The van der Waals surface area contributed by atoms with Crippen molar-refractivity contribution in [2.24, 2.45) is 5.92 Å². The van der Waals surface area contributed by atoms with Crippen LogP contribution in [0.25, 0.3) is 0 Å². The van der Waals surface area contributed by atoms with Gasteiger partial charge in [0.15, 0.2) is 0 Å². The Hall–Kier alpha value is -2.24. The second-order valence-electron chi connectivity index (χ2n) is 5.49. The van der Waals surface area contributed by atoms with Gasteiger partial charge in [-0.1, -0.05) is 18.2 Å². The van der Waals surface area contributed by atoms with E-state index < -0.39 is 11.7 Å². The lowest BCUT2D eigenvalue weighted by atomic mass is 10.1. The summed E-state index contributed by atoms with van der Waals surface area (Å²) in [6.07, 6.45) is -1.99. The second-order valence-corrected chi connectivity index (χ2v) is 5.49. The molecule has 1 heterocycles. The van der Waals surface area contributed by atoms with Crippen molar-refractivity contribution in [3.05, 3.63) is 59.4 Å². The lowest BCUT2D eigenvalue weighted by Gasteiger charge is -2.08. The lowest BCUT2D eigenvalue weighted by Crippen LogP contribution is -2.25. The number of aromatic amines is 1. The number of hydrogen-bond donors (Lipinski definition) is 2. The molecule has 1 fully saturated rings. The Morgan fingerprint density at radius 1 is 1.27 bits per heavy atom. The van der Waals surface area contributed by atoms with Crippen molar-refractivity contribution >= 4 is 5.91 Å². The minimum Gasteiger partial charge on any atom is -0.364 e. The van der Waals surface area contributed by atoms with Gasteiger partial charge in [0.05, 0.1) is 12.1 Å². The van der Waals surface area contributed by atoms with Gasteiger partial charge in [-0.3, -0.25) is 4.79 Å². The number of hydrogen-bond acceptors (Lipinski definition) is 1. The van der Waals surface area contributed by atoms with Crippen molar-refractivity contribution in [3.8, 4) is 0 Å². The number of aromatic nitrogens is 1. The zero-order chi connectivity index (χ0) is 15.7. The van der Waals surface area contributed by atoms with Crippen LogP contribution in [-0.4, -0.2) is 10.9 Å². The van der Waals surface area contributed by atoms with Gasteiger partial charge >= 0.3 is 6.18 Å². The second kappa shape index (κ2) is 5.51. The molecule has 3 rings (SSSR count). The molecule has 0 bridgehead atoms. The monoisotopic (exact) mass is 308 g/mol. The number of alkyl halides is 3. The fraction of sp³-hybridized carbons (Fsp3) is 0.312. The van der Waals surface area contributed by atoms with Gasteiger partial charge in [-0.25, -0.2) is 0 Å². The van der Waals surface area contributed by atoms with E-state index in [0.29, 0.717) is 18.5 Å². The molecule has 1 aromatic heterocycles. The predicted molar refractivity (Wildman–Crippen MR) is 74.9 cm³/mol. The molecule has 22 heavy (non-hydrogen) atoms. The molecular weight excluding hydrogens is 293 g/mol. The zero-order valence-electron chi connectivity index (χ0n) is 11.7. The van der Waals surface area contributed by atoms with Gasteiger partial charge in [0.2, 0.25) is 5.91 Å². The molecule has 2 N–H and O–H groups in total. The molecule has 0 saturated heterocycles. The SMILES string of the molecule is O=C(NCc1ccc[nH]1)C1CC1c1cccc(C(F)(F)F)c1. The summed E-state index contributed by atoms with van der Waals surface area (Å²) in [5.41, 5.74) is 0.807. The molecule has 1 amide bonds. The van der Waals surface area contributed by atoms with Crippen LogP contribution in [0.5, 0.6) is 0 Å². The van der Waals surface area contributed by atoms with Gasteiger partial charge in [0.25, 0.3) is 0 Å². The van der Waals surface area contributed by atoms with Crippen molar-refractivity contribution in [1.29, 1.82) is 0 Å². The van der Waals surface area contributed by atoms with Crippen LogP contribution in [0.3, 0.4) is 0 Å². The molecule has 116 valence electrons. The topological polar surface area (TPSA) is 44.9 Å². The molecule has 6 heteroatoms. The van der Waals surface area contributed by atoms with E-state index in [1.807, 2.05) is 12.1 Å². The summed E-state index contributed by atoms with van der Waals surface area (Å²) in [5, 5.41) is 2.80. The highest BCUT2D eigenvalue weighted by atomic mass is 19.4. The molecule has 3 nitrogen and oxygen atoms in total. The molecule has 0 aliphatic heterocycles. The first kappa shape index (κ1) is 14.7. The number of halogens is 3. The third kappa shape index (κ3) is 3.16. The number of nitrogens with one attached hydrogen (secondary N) is 2. The van der Waals surface area contributed by atoms with Gasteiger partial charge in [-0.15, -0.1) is 0 Å². The number of benzene rings is 1. The number of rotatable bonds is 4. The Morgan fingerprint density at radius 3 is 2.77 bits per heavy atom. The Labute approximate surface area is 125 Å². The minimum absolute atomic E-state index is 0.114. The normalized spacial score (nSPS) is 20.7. The average Bonchev–Trinajstić information content (AvgIpc) is 3.12. The smallest absolute Gasteiger partial charge is 0.364 e. The van der Waals surface area contributed by atoms with E-state index in [4.69, 9.17) is 0 Å². The first-order valence-corrected chi connectivity index (χ1v) is 7.02. The van der Waals surface area contributed by atoms with E-state index in [2.05, 4.69) is 10.3 Å².